The van der Waals surface area contributed by atoms with Crippen molar-refractivity contribution in [3.63, 3.8) is 0 Å². The lowest BCUT2D eigenvalue weighted by atomic mass is 10.3. The lowest BCUT2D eigenvalue weighted by molar-refractivity contribution is 0.603. The summed E-state index contributed by atoms with van der Waals surface area (Å²) in [5.41, 5.74) is 0.195. The summed E-state index contributed by atoms with van der Waals surface area (Å²) in [6.07, 6.45) is 0. The van der Waals surface area contributed by atoms with Crippen LogP contribution in [0.2, 0.25) is 10.0 Å². The number of sulfonamides is 1. The van der Waals surface area contributed by atoms with Crippen molar-refractivity contribution in [2.24, 2.45) is 0 Å². The number of nitrogens with one attached hydrogen (secondary N) is 1. The van der Waals surface area contributed by atoms with Crippen LogP contribution in [-0.2, 0) is 10.0 Å². The van der Waals surface area contributed by atoms with Gasteiger partial charge in [0, 0.05) is 0 Å². The monoisotopic (exact) mass is 332 g/mol. The van der Waals surface area contributed by atoms with Gasteiger partial charge in [0.15, 0.2) is 0 Å². The summed E-state index contributed by atoms with van der Waals surface area (Å²) in [6, 6.07) is 9.34. The second-order valence-corrected chi connectivity index (χ2v) is 7.22. The van der Waals surface area contributed by atoms with Crippen LogP contribution < -0.4 is 4.72 Å². The van der Waals surface area contributed by atoms with Gasteiger partial charge in [0.05, 0.1) is 15.7 Å². The van der Waals surface area contributed by atoms with Gasteiger partial charge in [-0.05, 0) is 24.3 Å². The SMILES string of the molecule is N#Cc1ccc(S(=O)(=O)Nc2cccc(Cl)c2Cl)s1. The molecule has 98 valence electrons. The van der Waals surface area contributed by atoms with E-state index in [2.05, 4.69) is 4.72 Å². The van der Waals surface area contributed by atoms with E-state index >= 15 is 0 Å². The van der Waals surface area contributed by atoms with E-state index in [1.54, 1.807) is 12.1 Å². The number of nitriles is 1. The van der Waals surface area contributed by atoms with Crippen molar-refractivity contribution in [2.45, 2.75) is 4.21 Å². The number of hydrogen-bond acceptors (Lipinski definition) is 4. The highest BCUT2D eigenvalue weighted by Gasteiger charge is 2.18. The summed E-state index contributed by atoms with van der Waals surface area (Å²) in [5, 5.41) is 9.08. The summed E-state index contributed by atoms with van der Waals surface area (Å²) >= 11 is 12.6. The molecular formula is C11H6Cl2N2O2S2. The Bertz CT molecular complexity index is 763. The highest BCUT2D eigenvalue weighted by atomic mass is 35.5. The Morgan fingerprint density at radius 2 is 1.95 bits per heavy atom. The number of nitrogens with zero attached hydrogens (tertiary/aromatic N) is 1. The molecule has 8 heteroatoms. The van der Waals surface area contributed by atoms with E-state index in [4.69, 9.17) is 28.5 Å². The van der Waals surface area contributed by atoms with Gasteiger partial charge >= 0.3 is 0 Å². The van der Waals surface area contributed by atoms with Crippen LogP contribution in [0.3, 0.4) is 0 Å². The number of thiophene rings is 1. The Labute approximate surface area is 124 Å². The number of anilines is 1. The Hall–Kier alpha value is -1.26. The lowest BCUT2D eigenvalue weighted by Gasteiger charge is -2.08. The third-order valence-corrected chi connectivity index (χ3v) is 5.82. The van der Waals surface area contributed by atoms with Gasteiger partial charge in [0.25, 0.3) is 10.0 Å². The van der Waals surface area contributed by atoms with Crippen molar-refractivity contribution in [1.82, 2.24) is 0 Å². The molecule has 19 heavy (non-hydrogen) atoms. The quantitative estimate of drug-likeness (QED) is 0.930. The minimum atomic E-state index is -3.77. The third kappa shape index (κ3) is 3.01. The first-order chi connectivity index (χ1) is 8.94. The van der Waals surface area contributed by atoms with Crippen molar-refractivity contribution < 1.29 is 8.42 Å². The molecule has 0 atom stereocenters. The van der Waals surface area contributed by atoms with Crippen LogP contribution in [0.4, 0.5) is 5.69 Å². The smallest absolute Gasteiger partial charge is 0.271 e. The predicted molar refractivity (Wildman–Crippen MR) is 76.3 cm³/mol. The molecule has 0 aliphatic heterocycles. The molecule has 0 amide bonds. The highest BCUT2D eigenvalue weighted by molar-refractivity contribution is 7.94. The summed E-state index contributed by atoms with van der Waals surface area (Å²) < 4.78 is 26.5. The largest absolute Gasteiger partial charge is 0.277 e. The molecule has 0 spiro atoms. The molecule has 1 heterocycles. The maximum absolute atomic E-state index is 12.1. The molecule has 0 saturated heterocycles. The van der Waals surface area contributed by atoms with Crippen LogP contribution in [0.25, 0.3) is 0 Å². The van der Waals surface area contributed by atoms with Crippen LogP contribution in [0.5, 0.6) is 0 Å². The summed E-state index contributed by atoms with van der Waals surface area (Å²) in [4.78, 5) is 0.317. The average molecular weight is 333 g/mol. The van der Waals surface area contributed by atoms with Crippen LogP contribution >= 0.6 is 34.5 Å². The van der Waals surface area contributed by atoms with Gasteiger partial charge in [0.1, 0.15) is 15.2 Å². The Morgan fingerprint density at radius 3 is 2.58 bits per heavy atom. The van der Waals surface area contributed by atoms with Crippen LogP contribution in [0.15, 0.2) is 34.5 Å². The van der Waals surface area contributed by atoms with E-state index in [-0.39, 0.29) is 19.9 Å². The number of rotatable bonds is 3. The number of hydrogen-bond donors (Lipinski definition) is 1. The molecule has 1 aromatic heterocycles. The van der Waals surface area contributed by atoms with Gasteiger partial charge in [-0.2, -0.15) is 5.26 Å². The zero-order chi connectivity index (χ0) is 14.0. The zero-order valence-corrected chi connectivity index (χ0v) is 12.4. The molecule has 2 aromatic rings. The first-order valence-electron chi connectivity index (χ1n) is 4.91. The van der Waals surface area contributed by atoms with Crippen LogP contribution in [0, 0.1) is 11.3 Å². The highest BCUT2D eigenvalue weighted by Crippen LogP contribution is 2.32. The molecular weight excluding hydrogens is 327 g/mol. The minimum absolute atomic E-state index is 0.0418. The van der Waals surface area contributed by atoms with E-state index in [1.165, 1.54) is 18.2 Å². The summed E-state index contributed by atoms with van der Waals surface area (Å²) in [5.74, 6) is 0. The van der Waals surface area contributed by atoms with Crippen molar-refractivity contribution in [3.05, 3.63) is 45.3 Å². The van der Waals surface area contributed by atoms with Gasteiger partial charge in [-0.3, -0.25) is 4.72 Å². The Balaban J connectivity index is 2.37. The molecule has 0 radical (unpaired) electrons. The molecule has 2 rings (SSSR count). The first kappa shape index (κ1) is 14.2. The molecule has 0 aliphatic rings. The molecule has 0 aliphatic carbocycles. The van der Waals surface area contributed by atoms with E-state index in [9.17, 15) is 8.42 Å². The number of benzene rings is 1. The van der Waals surface area contributed by atoms with E-state index in [1.807, 2.05) is 6.07 Å². The second kappa shape index (κ2) is 5.39. The number of halogens is 2. The van der Waals surface area contributed by atoms with Gasteiger partial charge in [-0.1, -0.05) is 29.3 Å². The average Bonchev–Trinajstić information content (AvgIpc) is 2.84. The summed E-state index contributed by atoms with van der Waals surface area (Å²) in [7, 11) is -3.77. The second-order valence-electron chi connectivity index (χ2n) is 3.44. The van der Waals surface area contributed by atoms with Crippen molar-refractivity contribution in [1.29, 1.82) is 5.26 Å². The van der Waals surface area contributed by atoms with Crippen LogP contribution in [0.1, 0.15) is 4.88 Å². The van der Waals surface area contributed by atoms with Crippen molar-refractivity contribution >= 4 is 50.2 Å². The van der Waals surface area contributed by atoms with E-state index in [0.29, 0.717) is 4.88 Å². The van der Waals surface area contributed by atoms with Gasteiger partial charge in [-0.15, -0.1) is 11.3 Å². The standard InChI is InChI=1S/C11H6Cl2N2O2S2/c12-8-2-1-3-9(11(8)13)15-19(16,17)10-5-4-7(6-14)18-10/h1-5,15H. The molecule has 0 bridgehead atoms. The lowest BCUT2D eigenvalue weighted by Crippen LogP contribution is -2.11. The van der Waals surface area contributed by atoms with E-state index in [0.717, 1.165) is 11.3 Å². The fraction of sp³-hybridized carbons (Fsp3) is 0. The topological polar surface area (TPSA) is 70.0 Å². The molecule has 0 fully saturated rings. The van der Waals surface area contributed by atoms with Gasteiger partial charge in [-0.25, -0.2) is 8.42 Å². The van der Waals surface area contributed by atoms with E-state index < -0.39 is 10.0 Å². The normalized spacial score (nSPS) is 11.0. The molecule has 4 nitrogen and oxygen atoms in total. The maximum atomic E-state index is 12.1. The molecule has 1 N–H and O–H groups in total. The third-order valence-electron chi connectivity index (χ3n) is 2.15. The fourth-order valence-corrected chi connectivity index (χ4v) is 3.88. The maximum Gasteiger partial charge on any atom is 0.271 e. The Morgan fingerprint density at radius 1 is 1.21 bits per heavy atom. The van der Waals surface area contributed by atoms with Crippen LogP contribution in [-0.4, -0.2) is 8.42 Å². The molecule has 1 aromatic carbocycles. The first-order valence-corrected chi connectivity index (χ1v) is 7.96. The molecule has 0 saturated carbocycles. The zero-order valence-electron chi connectivity index (χ0n) is 9.22. The van der Waals surface area contributed by atoms with Gasteiger partial charge in [0.2, 0.25) is 0 Å². The van der Waals surface area contributed by atoms with Crippen molar-refractivity contribution in [3.8, 4) is 6.07 Å². The predicted octanol–water partition coefficient (Wildman–Crippen LogP) is 3.73. The molecule has 0 unspecified atom stereocenters. The Kier molecular flexibility index (Phi) is 4.02. The summed E-state index contributed by atoms with van der Waals surface area (Å²) in [6.45, 7) is 0. The van der Waals surface area contributed by atoms with Gasteiger partial charge < -0.3 is 0 Å². The minimum Gasteiger partial charge on any atom is -0.277 e. The van der Waals surface area contributed by atoms with Crippen molar-refractivity contribution in [2.75, 3.05) is 4.72 Å². The fourth-order valence-electron chi connectivity index (χ4n) is 1.30.